The van der Waals surface area contributed by atoms with Crippen molar-refractivity contribution in [2.24, 2.45) is 0 Å². The van der Waals surface area contributed by atoms with E-state index in [9.17, 15) is 29.4 Å². The number of phosphoric ester groups is 1. The van der Waals surface area contributed by atoms with Crippen molar-refractivity contribution in [3.63, 3.8) is 0 Å². The minimum Gasteiger partial charge on any atom is -0.790 e. The Bertz CT molecular complexity index is 625. The Morgan fingerprint density at radius 3 is 2.52 bits per heavy atom. The van der Waals surface area contributed by atoms with Crippen LogP contribution in [0.3, 0.4) is 0 Å². The SMILES string of the molecule is [15NH2]c1cc[15n]([C@@H]2O[C@H](COP(=O)([O-])[O-])[C@H](O)C2O)c(=O)[15n]1.[Li+].[Li+]. The van der Waals surface area contributed by atoms with Crippen molar-refractivity contribution in [2.75, 3.05) is 12.3 Å². The summed E-state index contributed by atoms with van der Waals surface area (Å²) >= 11 is 0. The third-order valence-electron chi connectivity index (χ3n) is 2.86. The number of nitrogens with zero attached hydrogens (tertiary/aromatic N) is 2. The Morgan fingerprint density at radius 2 is 2.00 bits per heavy atom. The Kier molecular flexibility index (Phi) is 8.76. The van der Waals surface area contributed by atoms with Crippen LogP contribution in [-0.2, 0) is 13.8 Å². The zero-order valence-electron chi connectivity index (χ0n) is 12.4. The van der Waals surface area contributed by atoms with Gasteiger partial charge >= 0.3 is 43.4 Å². The van der Waals surface area contributed by atoms with Gasteiger partial charge in [0.25, 0.3) is 0 Å². The fraction of sp³-hybridized carbons (Fsp3) is 0.556. The zero-order valence-corrected chi connectivity index (χ0v) is 13.3. The molecule has 1 unspecified atom stereocenters. The maximum absolute atomic E-state index is 11.6. The molecule has 0 saturated carbocycles. The molecule has 1 aromatic heterocycles. The molecule has 0 aliphatic carbocycles. The van der Waals surface area contributed by atoms with Crippen molar-refractivity contribution < 1.29 is 71.5 Å². The quantitative estimate of drug-likeness (QED) is 0.271. The van der Waals surface area contributed by atoms with Gasteiger partial charge in [-0.05, 0) is 6.07 Å². The summed E-state index contributed by atoms with van der Waals surface area (Å²) in [6, 6.07) is 1.27. The molecule has 4 atom stereocenters. The topological polar surface area (TPSA) is 183 Å². The van der Waals surface area contributed by atoms with Crippen LogP contribution in [0.1, 0.15) is 6.23 Å². The maximum atomic E-state index is 11.6. The second-order valence-corrected chi connectivity index (χ2v) is 5.48. The van der Waals surface area contributed by atoms with E-state index >= 15 is 0 Å². The van der Waals surface area contributed by atoms with Crippen LogP contribution in [0, 0.1) is 0 Å². The molecule has 11 nitrogen and oxygen atoms in total. The third kappa shape index (κ3) is 5.71. The van der Waals surface area contributed by atoms with Crippen molar-refractivity contribution in [1.82, 2.24) is 9.55 Å². The molecule has 1 aromatic rings. The van der Waals surface area contributed by atoms with E-state index < -0.39 is 44.7 Å². The van der Waals surface area contributed by atoms with Gasteiger partial charge in [0.1, 0.15) is 24.1 Å². The molecular formula is C9H12Li2N3O8P. The molecule has 0 aromatic carbocycles. The zero-order chi connectivity index (χ0) is 15.8. The van der Waals surface area contributed by atoms with Crippen LogP contribution in [0.4, 0.5) is 5.82 Å². The molecule has 14 heteroatoms. The van der Waals surface area contributed by atoms with E-state index in [0.717, 1.165) is 4.57 Å². The largest absolute Gasteiger partial charge is 1.00 e. The van der Waals surface area contributed by atoms with Gasteiger partial charge in [-0.25, -0.2) is 4.79 Å². The molecule has 23 heavy (non-hydrogen) atoms. The number of phosphoric acid groups is 1. The average molecular weight is 338 g/mol. The van der Waals surface area contributed by atoms with Gasteiger partial charge in [0, 0.05) is 6.20 Å². The monoisotopic (exact) mass is 338 g/mol. The van der Waals surface area contributed by atoms with E-state index in [2.05, 4.69) is 9.51 Å². The number of rotatable bonds is 4. The molecule has 2 rings (SSSR count). The van der Waals surface area contributed by atoms with Crippen molar-refractivity contribution in [3.05, 3.63) is 22.7 Å². The minimum absolute atomic E-state index is 0. The molecular weight excluding hydrogens is 326 g/mol. The maximum Gasteiger partial charge on any atom is 1.00 e. The van der Waals surface area contributed by atoms with E-state index in [0.29, 0.717) is 0 Å². The number of aliphatic hydroxyl groups excluding tert-OH is 2. The molecule has 1 saturated heterocycles. The molecule has 0 radical (unpaired) electrons. The first kappa shape index (κ1) is 22.9. The van der Waals surface area contributed by atoms with Gasteiger partial charge in [-0.2, -0.15) is 4.98 Å². The van der Waals surface area contributed by atoms with E-state index in [1.54, 1.807) is 0 Å². The van der Waals surface area contributed by atoms with Crippen LogP contribution < -0.4 is 58.9 Å². The smallest absolute Gasteiger partial charge is 0.790 e. The number of aliphatic hydroxyl groups is 2. The summed E-state index contributed by atoms with van der Waals surface area (Å²) in [5.74, 6) is -0.0391. The van der Waals surface area contributed by atoms with Crippen LogP contribution in [-0.4, -0.2) is 44.7 Å². The van der Waals surface area contributed by atoms with Crippen LogP contribution in [0.25, 0.3) is 0 Å². The first-order chi connectivity index (χ1) is 9.69. The van der Waals surface area contributed by atoms with Gasteiger partial charge in [-0.15, -0.1) is 0 Å². The predicted molar refractivity (Wildman–Crippen MR) is 62.4 cm³/mol. The summed E-state index contributed by atoms with van der Waals surface area (Å²) in [4.78, 5) is 35.8. The number of nitrogens with two attached hydrogens (primary N) is 1. The van der Waals surface area contributed by atoms with Gasteiger partial charge in [0.2, 0.25) is 0 Å². The van der Waals surface area contributed by atoms with Crippen LogP contribution in [0.5, 0.6) is 0 Å². The van der Waals surface area contributed by atoms with Gasteiger partial charge in [0.05, 0.1) is 14.4 Å². The molecule has 4 N–H and O–H groups in total. The number of aromatic nitrogens is 2. The summed E-state index contributed by atoms with van der Waals surface area (Å²) in [6.07, 6.45) is -4.51. The molecule has 1 fully saturated rings. The number of hydrogen-bond donors (Lipinski definition) is 3. The van der Waals surface area contributed by atoms with Crippen molar-refractivity contribution in [2.45, 2.75) is 24.5 Å². The Hall–Kier alpha value is -0.135. The summed E-state index contributed by atoms with van der Waals surface area (Å²) < 4.78 is 20.4. The second-order valence-electron chi connectivity index (χ2n) is 4.33. The van der Waals surface area contributed by atoms with Gasteiger partial charge in [-0.3, -0.25) is 4.57 Å². The predicted octanol–water partition coefficient (Wildman–Crippen LogP) is -9.70. The first-order valence-corrected chi connectivity index (χ1v) is 7.18. The Morgan fingerprint density at radius 1 is 1.39 bits per heavy atom. The van der Waals surface area contributed by atoms with Crippen molar-refractivity contribution >= 4 is 13.6 Å². The fourth-order valence-electron chi connectivity index (χ4n) is 1.88. The molecule has 2 heterocycles. The summed E-state index contributed by atoms with van der Waals surface area (Å²) in [5, 5.41) is 19.6. The number of ether oxygens (including phenoxy) is 1. The van der Waals surface area contributed by atoms with Gasteiger partial charge in [0.15, 0.2) is 6.23 Å². The molecule has 118 valence electrons. The van der Waals surface area contributed by atoms with E-state index in [1.807, 2.05) is 0 Å². The number of nitrogen functional groups attached to an aromatic ring is 1. The fourth-order valence-corrected chi connectivity index (χ4v) is 2.21. The third-order valence-corrected chi connectivity index (χ3v) is 3.33. The summed E-state index contributed by atoms with van der Waals surface area (Å²) in [7, 11) is -5.24. The van der Waals surface area contributed by atoms with E-state index in [4.69, 9.17) is 10.5 Å². The normalized spacial score (nSPS) is 27.1. The van der Waals surface area contributed by atoms with Gasteiger partial charge in [-0.1, -0.05) is 0 Å². The molecule has 1 aliphatic heterocycles. The molecule has 0 spiro atoms. The molecule has 1 aliphatic rings. The molecule has 0 bridgehead atoms. The second kappa shape index (κ2) is 8.81. The first-order valence-electron chi connectivity index (χ1n) is 5.72. The molecule has 0 amide bonds. The van der Waals surface area contributed by atoms with E-state index in [1.165, 1.54) is 12.3 Å². The van der Waals surface area contributed by atoms with Crippen molar-refractivity contribution in [1.29, 1.82) is 0 Å². The summed E-state index contributed by atoms with van der Waals surface area (Å²) in [5.41, 5.74) is 4.49. The van der Waals surface area contributed by atoms with Gasteiger partial charge < -0.3 is 39.6 Å². The Labute approximate surface area is 154 Å². The minimum atomic E-state index is -5.24. The number of hydrogen-bond acceptors (Lipinski definition) is 10. The summed E-state index contributed by atoms with van der Waals surface area (Å²) in [6.45, 7) is -0.782. The number of anilines is 1. The van der Waals surface area contributed by atoms with E-state index in [-0.39, 0.29) is 43.5 Å². The Balaban J connectivity index is 0.00000242. The van der Waals surface area contributed by atoms with Crippen LogP contribution >= 0.6 is 7.82 Å². The standard InChI is InChI=1S/C9H14N3O8P.2Li/c10-5-1-2-12(9(15)11-5)8-7(14)6(13)4(20-8)3-19-21(16,17)18;;/h1-2,4,6-8,13-14H,3H2,(H2,10,11,15)(H2,16,17,18);;/q;2*+1/p-2/t4-,6+,7?,8-;;/m1../s1/i10+1,11+1,12+1;;. The average Bonchev–Trinajstić information content (AvgIpc) is 2.64. The van der Waals surface area contributed by atoms with Crippen LogP contribution in [0.15, 0.2) is 17.1 Å². The van der Waals surface area contributed by atoms with Crippen LogP contribution in [0.2, 0.25) is 0 Å². The van der Waals surface area contributed by atoms with Crippen molar-refractivity contribution in [3.8, 4) is 0 Å².